The van der Waals surface area contributed by atoms with E-state index >= 15 is 0 Å². The molecule has 1 aliphatic rings. The maximum atomic E-state index is 13.0. The summed E-state index contributed by atoms with van der Waals surface area (Å²) in [7, 11) is 0. The number of aliphatic hydroxyl groups excluding tert-OH is 1. The highest BCUT2D eigenvalue weighted by atomic mass is 16.4. The lowest BCUT2D eigenvalue weighted by Gasteiger charge is -2.31. The first-order chi connectivity index (χ1) is 13.9. The molecule has 12 heteroatoms. The van der Waals surface area contributed by atoms with Crippen molar-refractivity contribution >= 4 is 29.6 Å². The number of rotatable bonds is 10. The topological polar surface area (TPSA) is 205 Å². The number of nitrogens with one attached hydrogen (secondary N) is 2. The number of amides is 4. The van der Waals surface area contributed by atoms with Crippen LogP contribution in [-0.2, 0) is 24.0 Å². The maximum absolute atomic E-state index is 13.0. The molecule has 0 bridgehead atoms. The number of hydrogen-bond acceptors (Lipinski definition) is 7. The molecule has 1 aliphatic heterocycles. The van der Waals surface area contributed by atoms with Crippen molar-refractivity contribution in [2.45, 2.75) is 70.3 Å². The molecular formula is C18H31N5O7. The van der Waals surface area contributed by atoms with Gasteiger partial charge in [0.25, 0.3) is 0 Å². The highest BCUT2D eigenvalue weighted by molar-refractivity contribution is 5.95. The third-order valence-electron chi connectivity index (χ3n) is 4.93. The first-order valence-electron chi connectivity index (χ1n) is 9.72. The van der Waals surface area contributed by atoms with E-state index in [9.17, 15) is 29.1 Å². The molecule has 5 atom stereocenters. The molecule has 1 fully saturated rings. The Balaban J connectivity index is 2.94. The highest BCUT2D eigenvalue weighted by Gasteiger charge is 2.40. The summed E-state index contributed by atoms with van der Waals surface area (Å²) in [6, 6.07) is -4.74. The zero-order valence-corrected chi connectivity index (χ0v) is 17.3. The Morgan fingerprint density at radius 1 is 1.13 bits per heavy atom. The summed E-state index contributed by atoms with van der Waals surface area (Å²) in [4.78, 5) is 61.2. The quantitative estimate of drug-likeness (QED) is 0.214. The fraction of sp³-hybridized carbons (Fsp3) is 0.722. The molecule has 4 amide bonds. The van der Waals surface area contributed by atoms with Crippen LogP contribution in [0.1, 0.15) is 40.0 Å². The Labute approximate surface area is 174 Å². The van der Waals surface area contributed by atoms with Gasteiger partial charge in [0.05, 0.1) is 18.6 Å². The van der Waals surface area contributed by atoms with Crippen molar-refractivity contribution in [1.82, 2.24) is 15.5 Å². The first kappa shape index (κ1) is 25.3. The molecule has 5 unspecified atom stereocenters. The molecule has 0 aromatic rings. The minimum atomic E-state index is -1.52. The Morgan fingerprint density at radius 2 is 1.73 bits per heavy atom. The van der Waals surface area contributed by atoms with Crippen LogP contribution < -0.4 is 22.1 Å². The van der Waals surface area contributed by atoms with E-state index in [0.717, 1.165) is 0 Å². The van der Waals surface area contributed by atoms with Gasteiger partial charge in [0, 0.05) is 6.54 Å². The summed E-state index contributed by atoms with van der Waals surface area (Å²) in [6.45, 7) is 4.96. The van der Waals surface area contributed by atoms with Crippen molar-refractivity contribution in [3.8, 4) is 0 Å². The van der Waals surface area contributed by atoms with Gasteiger partial charge in [-0.2, -0.15) is 0 Å². The van der Waals surface area contributed by atoms with E-state index in [2.05, 4.69) is 10.6 Å². The van der Waals surface area contributed by atoms with Crippen molar-refractivity contribution in [1.29, 1.82) is 0 Å². The van der Waals surface area contributed by atoms with E-state index in [4.69, 9.17) is 16.6 Å². The highest BCUT2D eigenvalue weighted by Crippen LogP contribution is 2.20. The zero-order valence-electron chi connectivity index (χ0n) is 17.3. The van der Waals surface area contributed by atoms with Crippen LogP contribution in [-0.4, -0.2) is 81.5 Å². The van der Waals surface area contributed by atoms with Gasteiger partial charge in [0.15, 0.2) is 0 Å². The zero-order chi connectivity index (χ0) is 23.2. The smallest absolute Gasteiger partial charge is 0.326 e. The number of carbonyl (C=O) groups excluding carboxylic acids is 4. The molecule has 30 heavy (non-hydrogen) atoms. The Bertz CT molecular complexity index is 682. The molecule has 0 aliphatic carbocycles. The molecule has 1 heterocycles. The van der Waals surface area contributed by atoms with Crippen LogP contribution in [0.25, 0.3) is 0 Å². The van der Waals surface area contributed by atoms with Crippen molar-refractivity contribution in [2.75, 3.05) is 6.54 Å². The number of nitrogens with two attached hydrogens (primary N) is 2. The van der Waals surface area contributed by atoms with Crippen molar-refractivity contribution in [3.63, 3.8) is 0 Å². The minimum Gasteiger partial charge on any atom is -0.480 e. The van der Waals surface area contributed by atoms with Gasteiger partial charge < -0.3 is 37.2 Å². The van der Waals surface area contributed by atoms with Crippen LogP contribution in [0.4, 0.5) is 0 Å². The summed E-state index contributed by atoms with van der Waals surface area (Å²) < 4.78 is 0. The molecule has 12 nitrogen and oxygen atoms in total. The second-order valence-corrected chi connectivity index (χ2v) is 7.76. The molecule has 8 N–H and O–H groups in total. The van der Waals surface area contributed by atoms with Gasteiger partial charge >= 0.3 is 5.97 Å². The van der Waals surface area contributed by atoms with Crippen molar-refractivity contribution < 1.29 is 34.2 Å². The number of carboxylic acid groups (broad SMARTS) is 1. The predicted octanol–water partition coefficient (Wildman–Crippen LogP) is -2.73. The number of aliphatic hydroxyl groups is 1. The van der Waals surface area contributed by atoms with Gasteiger partial charge in [-0.1, -0.05) is 13.8 Å². The molecule has 0 spiro atoms. The molecule has 170 valence electrons. The molecule has 0 saturated carbocycles. The first-order valence-corrected chi connectivity index (χ1v) is 9.72. The van der Waals surface area contributed by atoms with Gasteiger partial charge in [-0.15, -0.1) is 0 Å². The summed E-state index contributed by atoms with van der Waals surface area (Å²) >= 11 is 0. The maximum Gasteiger partial charge on any atom is 0.326 e. The molecule has 0 aromatic heterocycles. The van der Waals surface area contributed by atoms with Crippen LogP contribution in [0.3, 0.4) is 0 Å². The number of likely N-dealkylation sites (tertiary alicyclic amines) is 1. The number of aliphatic carboxylic acids is 1. The monoisotopic (exact) mass is 429 g/mol. The Hall–Kier alpha value is -2.73. The fourth-order valence-corrected chi connectivity index (χ4v) is 3.09. The number of carboxylic acids is 1. The van der Waals surface area contributed by atoms with Gasteiger partial charge in [-0.3, -0.25) is 19.2 Å². The lowest BCUT2D eigenvalue weighted by Crippen LogP contribution is -2.60. The van der Waals surface area contributed by atoms with Crippen molar-refractivity contribution in [2.24, 2.45) is 17.4 Å². The van der Waals surface area contributed by atoms with Gasteiger partial charge in [0.1, 0.15) is 18.1 Å². The largest absolute Gasteiger partial charge is 0.480 e. The lowest BCUT2D eigenvalue weighted by molar-refractivity contribution is -0.146. The standard InChI is InChI=1S/C18H31N5O7/c1-8(2)13(20)16(27)22-14(9(3)24)17(28)23-6-4-5-11(23)15(26)21-10(18(29)30)7-12(19)25/h8-11,13-14,24H,4-7,20H2,1-3H3,(H2,19,25)(H,21,26)(H,22,27)(H,29,30). The van der Waals surface area contributed by atoms with Gasteiger partial charge in [-0.05, 0) is 25.7 Å². The molecule has 0 aromatic carbocycles. The summed E-state index contributed by atoms with van der Waals surface area (Å²) in [5.74, 6) is -4.59. The lowest BCUT2D eigenvalue weighted by atomic mass is 10.0. The molecular weight excluding hydrogens is 398 g/mol. The second kappa shape index (κ2) is 10.9. The van der Waals surface area contributed by atoms with Gasteiger partial charge in [-0.25, -0.2) is 4.79 Å². The van der Waals surface area contributed by atoms with E-state index in [1.165, 1.54) is 11.8 Å². The number of hydrogen-bond donors (Lipinski definition) is 6. The van der Waals surface area contributed by atoms with Crippen LogP contribution in [0.15, 0.2) is 0 Å². The molecule has 1 rings (SSSR count). The average Bonchev–Trinajstić information content (AvgIpc) is 3.13. The predicted molar refractivity (Wildman–Crippen MR) is 105 cm³/mol. The van der Waals surface area contributed by atoms with E-state index in [1.807, 2.05) is 0 Å². The third kappa shape index (κ3) is 6.66. The van der Waals surface area contributed by atoms with Crippen LogP contribution in [0.5, 0.6) is 0 Å². The second-order valence-electron chi connectivity index (χ2n) is 7.76. The summed E-state index contributed by atoms with van der Waals surface area (Å²) in [6.07, 6.45) is -1.14. The molecule has 1 saturated heterocycles. The third-order valence-corrected chi connectivity index (χ3v) is 4.93. The summed E-state index contributed by atoms with van der Waals surface area (Å²) in [5, 5.41) is 23.8. The number of nitrogens with zero attached hydrogens (tertiary/aromatic N) is 1. The van der Waals surface area contributed by atoms with Crippen LogP contribution >= 0.6 is 0 Å². The van der Waals surface area contributed by atoms with E-state index in [-0.39, 0.29) is 18.9 Å². The Kier molecular flexibility index (Phi) is 9.18. The SMILES string of the molecule is CC(C)C(N)C(=O)NC(C(=O)N1CCCC1C(=O)NC(CC(N)=O)C(=O)O)C(C)O. The average molecular weight is 429 g/mol. The Morgan fingerprint density at radius 3 is 2.20 bits per heavy atom. The van der Waals surface area contributed by atoms with E-state index in [1.54, 1.807) is 13.8 Å². The van der Waals surface area contributed by atoms with E-state index in [0.29, 0.717) is 6.42 Å². The number of primary amides is 1. The van der Waals surface area contributed by atoms with Gasteiger partial charge in [0.2, 0.25) is 23.6 Å². The van der Waals surface area contributed by atoms with Crippen LogP contribution in [0, 0.1) is 5.92 Å². The van der Waals surface area contributed by atoms with Crippen LogP contribution in [0.2, 0.25) is 0 Å². The number of carbonyl (C=O) groups is 5. The van der Waals surface area contributed by atoms with Crippen molar-refractivity contribution in [3.05, 3.63) is 0 Å². The van der Waals surface area contributed by atoms with E-state index < -0.39 is 66.3 Å². The minimum absolute atomic E-state index is 0.180. The summed E-state index contributed by atoms with van der Waals surface area (Å²) in [5.41, 5.74) is 10.8. The fourth-order valence-electron chi connectivity index (χ4n) is 3.09. The normalized spacial score (nSPS) is 20.2. The molecule has 0 radical (unpaired) electrons.